The van der Waals surface area contributed by atoms with Gasteiger partial charge >= 0.3 is 0 Å². The summed E-state index contributed by atoms with van der Waals surface area (Å²) in [6.07, 6.45) is 5.42. The molecule has 0 spiro atoms. The quantitative estimate of drug-likeness (QED) is 0.528. The second kappa shape index (κ2) is 10.5. The minimum atomic E-state index is -0.256. The van der Waals surface area contributed by atoms with Crippen molar-refractivity contribution in [1.29, 1.82) is 0 Å². The van der Waals surface area contributed by atoms with Gasteiger partial charge in [-0.25, -0.2) is 0 Å². The number of hydrogen-bond donors (Lipinski definition) is 0. The molecule has 1 unspecified atom stereocenters. The third kappa shape index (κ3) is 5.14. The van der Waals surface area contributed by atoms with Gasteiger partial charge in [0, 0.05) is 37.4 Å². The number of rotatable bonds is 8. The van der Waals surface area contributed by atoms with Gasteiger partial charge in [0.1, 0.15) is 0 Å². The SMILES string of the molecule is CCCCCCN1CCN(C(=O)CC2c3cc(C)c(C)cc3C(=O)N2c2ccccc2)CC1. The second-order valence-electron chi connectivity index (χ2n) is 9.54. The van der Waals surface area contributed by atoms with E-state index < -0.39 is 0 Å². The average molecular weight is 448 g/mol. The van der Waals surface area contributed by atoms with Crippen LogP contribution in [0.4, 0.5) is 5.69 Å². The van der Waals surface area contributed by atoms with Crippen molar-refractivity contribution in [3.63, 3.8) is 0 Å². The van der Waals surface area contributed by atoms with E-state index in [9.17, 15) is 9.59 Å². The number of amides is 2. The van der Waals surface area contributed by atoms with Crippen LogP contribution in [0.2, 0.25) is 0 Å². The van der Waals surface area contributed by atoms with Crippen LogP contribution < -0.4 is 4.90 Å². The molecule has 2 amide bonds. The number of fused-ring (bicyclic) bond motifs is 1. The van der Waals surface area contributed by atoms with Gasteiger partial charge in [-0.3, -0.25) is 14.5 Å². The van der Waals surface area contributed by atoms with Crippen molar-refractivity contribution in [2.45, 2.75) is 58.9 Å². The summed E-state index contributed by atoms with van der Waals surface area (Å²) < 4.78 is 0. The lowest BCUT2D eigenvalue weighted by Gasteiger charge is -2.36. The first kappa shape index (κ1) is 23.5. The molecule has 2 aliphatic rings. The molecule has 4 rings (SSSR count). The summed E-state index contributed by atoms with van der Waals surface area (Å²) in [4.78, 5) is 33.1. The number of carbonyl (C=O) groups is 2. The Morgan fingerprint density at radius 1 is 0.939 bits per heavy atom. The summed E-state index contributed by atoms with van der Waals surface area (Å²) in [6, 6.07) is 13.6. The fraction of sp³-hybridized carbons (Fsp3) is 0.500. The third-order valence-electron chi connectivity index (χ3n) is 7.24. The maximum Gasteiger partial charge on any atom is 0.259 e. The summed E-state index contributed by atoms with van der Waals surface area (Å²) in [5, 5.41) is 0. The van der Waals surface area contributed by atoms with Gasteiger partial charge in [0.2, 0.25) is 5.91 Å². The highest BCUT2D eigenvalue weighted by molar-refractivity contribution is 6.11. The number of benzene rings is 2. The van der Waals surface area contributed by atoms with Crippen LogP contribution in [0.1, 0.15) is 72.1 Å². The van der Waals surface area contributed by atoms with Gasteiger partial charge in [-0.2, -0.15) is 0 Å². The second-order valence-corrected chi connectivity index (χ2v) is 9.54. The molecule has 5 heteroatoms. The molecule has 0 aliphatic carbocycles. The topological polar surface area (TPSA) is 43.9 Å². The number of carbonyl (C=O) groups excluding carboxylic acids is 2. The summed E-state index contributed by atoms with van der Waals surface area (Å²) in [5.41, 5.74) is 4.83. The Morgan fingerprint density at radius 3 is 2.33 bits per heavy atom. The molecular formula is C28H37N3O2. The van der Waals surface area contributed by atoms with Crippen molar-refractivity contribution in [2.75, 3.05) is 37.6 Å². The van der Waals surface area contributed by atoms with Crippen LogP contribution in [-0.2, 0) is 4.79 Å². The molecule has 1 saturated heterocycles. The number of para-hydroxylation sites is 1. The van der Waals surface area contributed by atoms with Gasteiger partial charge in [-0.1, -0.05) is 50.5 Å². The van der Waals surface area contributed by atoms with Crippen molar-refractivity contribution in [3.8, 4) is 0 Å². The molecule has 1 atom stereocenters. The van der Waals surface area contributed by atoms with Crippen LogP contribution >= 0.6 is 0 Å². The van der Waals surface area contributed by atoms with Gasteiger partial charge in [0.05, 0.1) is 12.5 Å². The Morgan fingerprint density at radius 2 is 1.64 bits per heavy atom. The molecule has 2 heterocycles. The van der Waals surface area contributed by atoms with Crippen molar-refractivity contribution < 1.29 is 9.59 Å². The molecule has 0 aromatic heterocycles. The maximum atomic E-state index is 13.4. The first-order chi connectivity index (χ1) is 16.0. The molecule has 0 saturated carbocycles. The zero-order chi connectivity index (χ0) is 23.4. The molecule has 5 nitrogen and oxygen atoms in total. The first-order valence-electron chi connectivity index (χ1n) is 12.5. The molecule has 0 bridgehead atoms. The first-order valence-corrected chi connectivity index (χ1v) is 12.5. The number of hydrogen-bond acceptors (Lipinski definition) is 3. The third-order valence-corrected chi connectivity index (χ3v) is 7.24. The molecule has 2 aromatic carbocycles. The average Bonchev–Trinajstić information content (AvgIpc) is 3.08. The van der Waals surface area contributed by atoms with Gasteiger partial charge in [-0.05, 0) is 61.7 Å². The van der Waals surface area contributed by atoms with Gasteiger partial charge in [0.25, 0.3) is 5.91 Å². The molecule has 33 heavy (non-hydrogen) atoms. The highest BCUT2D eigenvalue weighted by Crippen LogP contribution is 2.40. The van der Waals surface area contributed by atoms with E-state index in [-0.39, 0.29) is 17.9 Å². The Balaban J connectivity index is 1.47. The summed E-state index contributed by atoms with van der Waals surface area (Å²) >= 11 is 0. The standard InChI is InChI=1S/C28H37N3O2/c1-4-5-6-10-13-29-14-16-30(17-15-29)27(32)20-26-24-18-21(2)22(3)19-25(24)28(33)31(26)23-11-8-7-9-12-23/h7-9,11-12,18-19,26H,4-6,10,13-17,20H2,1-3H3. The Hall–Kier alpha value is -2.66. The highest BCUT2D eigenvalue weighted by Gasteiger charge is 2.40. The number of anilines is 1. The van der Waals surface area contributed by atoms with Crippen LogP contribution in [0.25, 0.3) is 0 Å². The van der Waals surface area contributed by atoms with Gasteiger partial charge in [-0.15, -0.1) is 0 Å². The Bertz CT molecular complexity index is 980. The minimum Gasteiger partial charge on any atom is -0.340 e. The van der Waals surface area contributed by atoms with E-state index in [1.54, 1.807) is 0 Å². The zero-order valence-corrected chi connectivity index (χ0v) is 20.3. The predicted octanol–water partition coefficient (Wildman–Crippen LogP) is 5.12. The van der Waals surface area contributed by atoms with Crippen LogP contribution in [0, 0.1) is 13.8 Å². The zero-order valence-electron chi connectivity index (χ0n) is 20.3. The van der Waals surface area contributed by atoms with E-state index >= 15 is 0 Å². The lowest BCUT2D eigenvalue weighted by Crippen LogP contribution is -2.49. The largest absolute Gasteiger partial charge is 0.340 e. The van der Waals surface area contributed by atoms with Crippen LogP contribution in [0.5, 0.6) is 0 Å². The molecule has 2 aliphatic heterocycles. The van der Waals surface area contributed by atoms with Crippen LogP contribution in [0.15, 0.2) is 42.5 Å². The van der Waals surface area contributed by atoms with E-state index in [1.165, 1.54) is 25.7 Å². The Kier molecular flexibility index (Phi) is 7.49. The van der Waals surface area contributed by atoms with Crippen molar-refractivity contribution in [1.82, 2.24) is 9.80 Å². The molecule has 176 valence electrons. The summed E-state index contributed by atoms with van der Waals surface area (Å²) in [6.45, 7) is 10.9. The number of nitrogens with zero attached hydrogens (tertiary/aromatic N) is 3. The minimum absolute atomic E-state index is 0.00556. The molecule has 1 fully saturated rings. The lowest BCUT2D eigenvalue weighted by atomic mass is 9.96. The van der Waals surface area contributed by atoms with E-state index in [1.807, 2.05) is 53.1 Å². The van der Waals surface area contributed by atoms with Crippen LogP contribution in [-0.4, -0.2) is 54.3 Å². The lowest BCUT2D eigenvalue weighted by molar-refractivity contribution is -0.133. The summed E-state index contributed by atoms with van der Waals surface area (Å²) in [7, 11) is 0. The Labute approximate surface area is 198 Å². The van der Waals surface area contributed by atoms with E-state index in [2.05, 4.69) is 24.8 Å². The molecule has 2 aromatic rings. The summed E-state index contributed by atoms with van der Waals surface area (Å²) in [5.74, 6) is 0.138. The number of aryl methyl sites for hydroxylation is 2. The predicted molar refractivity (Wildman–Crippen MR) is 134 cm³/mol. The van der Waals surface area contributed by atoms with E-state index in [0.29, 0.717) is 6.42 Å². The molecular weight excluding hydrogens is 410 g/mol. The van der Waals surface area contributed by atoms with Gasteiger partial charge in [0.15, 0.2) is 0 Å². The van der Waals surface area contributed by atoms with E-state index in [4.69, 9.17) is 0 Å². The highest BCUT2D eigenvalue weighted by atomic mass is 16.2. The van der Waals surface area contributed by atoms with Crippen molar-refractivity contribution in [2.24, 2.45) is 0 Å². The normalized spacial score (nSPS) is 18.6. The number of piperazine rings is 1. The smallest absolute Gasteiger partial charge is 0.259 e. The molecule has 0 N–H and O–H groups in total. The number of unbranched alkanes of at least 4 members (excludes halogenated alkanes) is 3. The monoisotopic (exact) mass is 447 g/mol. The fourth-order valence-electron chi connectivity index (χ4n) is 5.07. The van der Waals surface area contributed by atoms with Crippen LogP contribution in [0.3, 0.4) is 0 Å². The molecule has 0 radical (unpaired) electrons. The van der Waals surface area contributed by atoms with Crippen molar-refractivity contribution >= 4 is 17.5 Å². The fourth-order valence-corrected chi connectivity index (χ4v) is 5.07. The maximum absolute atomic E-state index is 13.4. The van der Waals surface area contributed by atoms with Crippen molar-refractivity contribution in [3.05, 3.63) is 64.7 Å². The van der Waals surface area contributed by atoms with E-state index in [0.717, 1.165) is 60.7 Å². The van der Waals surface area contributed by atoms with Gasteiger partial charge < -0.3 is 9.80 Å².